The highest BCUT2D eigenvalue weighted by atomic mass is 32.1. The van der Waals surface area contributed by atoms with E-state index in [1.165, 1.54) is 11.3 Å². The number of hydrogen-bond donors (Lipinski definition) is 1. The summed E-state index contributed by atoms with van der Waals surface area (Å²) in [5.41, 5.74) is 0.660. The molecular formula is C10H7N3O2S2. The first-order chi connectivity index (χ1) is 8.24. The first-order valence-corrected chi connectivity index (χ1v) is 6.59. The fourth-order valence-corrected chi connectivity index (χ4v) is 2.99. The lowest BCUT2D eigenvalue weighted by molar-refractivity contribution is -0.136. The average molecular weight is 265 g/mol. The molecule has 0 amide bonds. The van der Waals surface area contributed by atoms with Crippen molar-refractivity contribution in [3.8, 4) is 10.7 Å². The molecule has 5 nitrogen and oxygen atoms in total. The van der Waals surface area contributed by atoms with Crippen LogP contribution in [-0.4, -0.2) is 25.7 Å². The Kier molecular flexibility index (Phi) is 2.41. The minimum absolute atomic E-state index is 0.0345. The van der Waals surface area contributed by atoms with Crippen molar-refractivity contribution in [2.75, 3.05) is 0 Å². The summed E-state index contributed by atoms with van der Waals surface area (Å²) in [6, 6.07) is 3.88. The van der Waals surface area contributed by atoms with Gasteiger partial charge in [0.15, 0.2) is 5.82 Å². The number of carbonyl (C=O) groups is 1. The van der Waals surface area contributed by atoms with E-state index in [0.29, 0.717) is 11.5 Å². The fraction of sp³-hybridized carbons (Fsp3) is 0.100. The van der Waals surface area contributed by atoms with Gasteiger partial charge in [-0.1, -0.05) is 6.07 Å². The second kappa shape index (κ2) is 3.94. The Labute approximate surface area is 104 Å². The Bertz CT molecular complexity index is 669. The maximum atomic E-state index is 10.7. The minimum Gasteiger partial charge on any atom is -0.481 e. The van der Waals surface area contributed by atoms with Gasteiger partial charge < -0.3 is 5.11 Å². The van der Waals surface area contributed by atoms with E-state index in [0.717, 1.165) is 9.84 Å². The summed E-state index contributed by atoms with van der Waals surface area (Å²) in [4.78, 5) is 16.8. The maximum Gasteiger partial charge on any atom is 0.309 e. The topological polar surface area (TPSA) is 67.5 Å². The quantitative estimate of drug-likeness (QED) is 0.788. The van der Waals surface area contributed by atoms with Gasteiger partial charge in [0, 0.05) is 5.38 Å². The number of nitrogens with zero attached hydrogens (tertiary/aromatic N) is 3. The van der Waals surface area contributed by atoms with Crippen molar-refractivity contribution in [2.24, 2.45) is 0 Å². The maximum absolute atomic E-state index is 10.7. The summed E-state index contributed by atoms with van der Waals surface area (Å²) in [6.45, 7) is 0. The molecule has 7 heteroatoms. The number of hydrogen-bond acceptors (Lipinski definition) is 5. The van der Waals surface area contributed by atoms with Crippen LogP contribution in [0.5, 0.6) is 0 Å². The van der Waals surface area contributed by atoms with Crippen LogP contribution in [0.3, 0.4) is 0 Å². The predicted molar refractivity (Wildman–Crippen MR) is 65.5 cm³/mol. The van der Waals surface area contributed by atoms with Gasteiger partial charge in [-0.3, -0.25) is 4.79 Å². The van der Waals surface area contributed by atoms with Crippen molar-refractivity contribution >= 4 is 33.6 Å². The molecule has 0 saturated carbocycles. The van der Waals surface area contributed by atoms with Gasteiger partial charge in [-0.05, 0) is 11.4 Å². The fourth-order valence-electron chi connectivity index (χ4n) is 1.51. The summed E-state index contributed by atoms with van der Waals surface area (Å²) in [7, 11) is 0. The zero-order valence-electron chi connectivity index (χ0n) is 8.53. The molecule has 0 spiro atoms. The standard InChI is InChI=1S/C10H7N3O2S2/c14-8(15)4-6-5-17-10-11-9(12-13(6)10)7-2-1-3-16-7/h1-3,5H,4H2,(H,14,15). The molecule has 3 aromatic rings. The van der Waals surface area contributed by atoms with Gasteiger partial charge in [0.25, 0.3) is 0 Å². The zero-order valence-corrected chi connectivity index (χ0v) is 10.2. The van der Waals surface area contributed by atoms with Crippen LogP contribution in [-0.2, 0) is 11.2 Å². The summed E-state index contributed by atoms with van der Waals surface area (Å²) in [5, 5.41) is 16.9. The van der Waals surface area contributed by atoms with Crippen LogP contribution in [0.1, 0.15) is 5.69 Å². The first kappa shape index (κ1) is 10.4. The molecular weight excluding hydrogens is 258 g/mol. The highest BCUT2D eigenvalue weighted by Gasteiger charge is 2.13. The van der Waals surface area contributed by atoms with E-state index in [2.05, 4.69) is 10.1 Å². The molecule has 1 N–H and O–H groups in total. The molecule has 3 aromatic heterocycles. The SMILES string of the molecule is O=C(O)Cc1csc2nc(-c3cccs3)nn12. The second-order valence-corrected chi connectivity index (χ2v) is 5.19. The van der Waals surface area contributed by atoms with Gasteiger partial charge in [-0.2, -0.15) is 4.98 Å². The number of carboxylic acid groups (broad SMARTS) is 1. The van der Waals surface area contributed by atoms with Crippen molar-refractivity contribution < 1.29 is 9.90 Å². The Hall–Kier alpha value is -1.73. The lowest BCUT2D eigenvalue weighted by Crippen LogP contribution is -2.03. The van der Waals surface area contributed by atoms with Crippen molar-refractivity contribution in [3.05, 3.63) is 28.6 Å². The number of thiophene rings is 1. The summed E-state index contributed by atoms with van der Waals surface area (Å²) in [5.74, 6) is -0.212. The molecule has 0 atom stereocenters. The highest BCUT2D eigenvalue weighted by molar-refractivity contribution is 7.15. The smallest absolute Gasteiger partial charge is 0.309 e. The average Bonchev–Trinajstić information content (AvgIpc) is 2.93. The van der Waals surface area contributed by atoms with Crippen molar-refractivity contribution in [1.82, 2.24) is 14.6 Å². The first-order valence-electron chi connectivity index (χ1n) is 4.83. The second-order valence-electron chi connectivity index (χ2n) is 3.40. The van der Waals surface area contributed by atoms with E-state index in [4.69, 9.17) is 5.11 Å². The van der Waals surface area contributed by atoms with Gasteiger partial charge >= 0.3 is 5.97 Å². The third-order valence-electron chi connectivity index (χ3n) is 2.22. The molecule has 0 aliphatic rings. The van der Waals surface area contributed by atoms with Gasteiger partial charge in [0.05, 0.1) is 17.0 Å². The molecule has 0 unspecified atom stereocenters. The van der Waals surface area contributed by atoms with Crippen LogP contribution in [0.15, 0.2) is 22.9 Å². The van der Waals surface area contributed by atoms with Crippen LogP contribution in [0, 0.1) is 0 Å². The Morgan fingerprint density at radius 1 is 1.47 bits per heavy atom. The third kappa shape index (κ3) is 1.83. The van der Waals surface area contributed by atoms with Gasteiger partial charge in [0.2, 0.25) is 4.96 Å². The Morgan fingerprint density at radius 3 is 3.06 bits per heavy atom. The van der Waals surface area contributed by atoms with E-state index >= 15 is 0 Å². The summed E-state index contributed by atoms with van der Waals surface area (Å²) < 4.78 is 1.60. The molecule has 0 bridgehead atoms. The van der Waals surface area contributed by atoms with Crippen LogP contribution in [0.25, 0.3) is 15.7 Å². The monoisotopic (exact) mass is 265 g/mol. The number of thiazole rings is 1. The normalized spacial score (nSPS) is 11.1. The molecule has 0 aromatic carbocycles. The van der Waals surface area contributed by atoms with Crippen LogP contribution in [0.4, 0.5) is 0 Å². The van der Waals surface area contributed by atoms with E-state index in [1.54, 1.807) is 21.2 Å². The molecule has 0 aliphatic heterocycles. The number of rotatable bonds is 3. The predicted octanol–water partition coefficient (Wildman–Crippen LogP) is 2.15. The number of aromatic nitrogens is 3. The molecule has 86 valence electrons. The lowest BCUT2D eigenvalue weighted by atomic mass is 10.3. The molecule has 0 aliphatic carbocycles. The third-order valence-corrected chi connectivity index (χ3v) is 3.95. The molecule has 3 heterocycles. The molecule has 0 radical (unpaired) electrons. The zero-order chi connectivity index (χ0) is 11.8. The van der Waals surface area contributed by atoms with Crippen molar-refractivity contribution in [1.29, 1.82) is 0 Å². The van der Waals surface area contributed by atoms with Gasteiger partial charge in [-0.25, -0.2) is 4.52 Å². The molecule has 3 rings (SSSR count). The number of fused-ring (bicyclic) bond motifs is 1. The van der Waals surface area contributed by atoms with Crippen LogP contribution < -0.4 is 0 Å². The molecule has 0 fully saturated rings. The van der Waals surface area contributed by atoms with Gasteiger partial charge in [-0.15, -0.1) is 27.8 Å². The summed E-state index contributed by atoms with van der Waals surface area (Å²) >= 11 is 2.97. The van der Waals surface area contributed by atoms with E-state index in [-0.39, 0.29) is 6.42 Å². The summed E-state index contributed by atoms with van der Waals surface area (Å²) in [6.07, 6.45) is -0.0345. The number of aliphatic carboxylic acids is 1. The Morgan fingerprint density at radius 2 is 2.35 bits per heavy atom. The lowest BCUT2D eigenvalue weighted by Gasteiger charge is -1.91. The van der Waals surface area contributed by atoms with Crippen molar-refractivity contribution in [3.63, 3.8) is 0 Å². The van der Waals surface area contributed by atoms with Crippen LogP contribution in [0.2, 0.25) is 0 Å². The van der Waals surface area contributed by atoms with Gasteiger partial charge in [0.1, 0.15) is 0 Å². The highest BCUT2D eigenvalue weighted by Crippen LogP contribution is 2.24. The minimum atomic E-state index is -0.863. The molecule has 0 saturated heterocycles. The van der Waals surface area contributed by atoms with Crippen molar-refractivity contribution in [2.45, 2.75) is 6.42 Å². The molecule has 17 heavy (non-hydrogen) atoms. The van der Waals surface area contributed by atoms with E-state index in [9.17, 15) is 4.79 Å². The van der Waals surface area contributed by atoms with E-state index < -0.39 is 5.97 Å². The van der Waals surface area contributed by atoms with Crippen LogP contribution >= 0.6 is 22.7 Å². The largest absolute Gasteiger partial charge is 0.481 e. The Balaban J connectivity index is 2.08. The van der Waals surface area contributed by atoms with E-state index in [1.807, 2.05) is 17.5 Å². The number of carboxylic acids is 1.